The van der Waals surface area contributed by atoms with E-state index in [2.05, 4.69) is 5.32 Å². The van der Waals surface area contributed by atoms with Crippen LogP contribution >= 0.6 is 0 Å². The van der Waals surface area contributed by atoms with Gasteiger partial charge in [-0.05, 0) is 24.6 Å². The number of carboxylic acid groups (broad SMARTS) is 1. The largest absolute Gasteiger partial charge is 0.481 e. The molecule has 1 saturated heterocycles. The normalized spacial score (nSPS) is 23.7. The molecule has 3 N–H and O–H groups in total. The van der Waals surface area contributed by atoms with Crippen molar-refractivity contribution in [2.24, 2.45) is 5.92 Å². The molecular formula is C12H11FN2O4. The zero-order chi connectivity index (χ0) is 14.2. The van der Waals surface area contributed by atoms with Gasteiger partial charge in [0.15, 0.2) is 5.54 Å². The molecule has 0 aliphatic carbocycles. The van der Waals surface area contributed by atoms with Gasteiger partial charge in [0.25, 0.3) is 5.91 Å². The summed E-state index contributed by atoms with van der Waals surface area (Å²) in [5.41, 5.74) is -1.71. The van der Waals surface area contributed by atoms with Crippen molar-refractivity contribution in [2.45, 2.75) is 12.5 Å². The van der Waals surface area contributed by atoms with Gasteiger partial charge in [0.2, 0.25) is 0 Å². The fraction of sp³-hybridized carbons (Fsp3) is 0.250. The number of carboxylic acids is 1. The van der Waals surface area contributed by atoms with Crippen LogP contribution in [0.1, 0.15) is 12.5 Å². The summed E-state index contributed by atoms with van der Waals surface area (Å²) in [6.45, 7) is 1.28. The number of nitrogens with one attached hydrogen (secondary N) is 2. The Balaban J connectivity index is 2.61. The summed E-state index contributed by atoms with van der Waals surface area (Å²) in [5.74, 6) is -3.95. The molecule has 3 amide bonds. The standard InChI is InChI=1S/C12H11FN2O4/c1-6(9(16)17)12(10(18)14-11(19)15-12)7-3-2-4-8(13)5-7/h2-6H,1H3,(H,16,17)(H2,14,15,18,19). The second-order valence-corrected chi connectivity index (χ2v) is 4.29. The van der Waals surface area contributed by atoms with Gasteiger partial charge >= 0.3 is 12.0 Å². The zero-order valence-corrected chi connectivity index (χ0v) is 9.94. The molecule has 1 aliphatic heterocycles. The van der Waals surface area contributed by atoms with Crippen molar-refractivity contribution in [3.8, 4) is 0 Å². The third-order valence-electron chi connectivity index (χ3n) is 3.20. The van der Waals surface area contributed by atoms with Gasteiger partial charge in [-0.1, -0.05) is 12.1 Å². The summed E-state index contributed by atoms with van der Waals surface area (Å²) in [6, 6.07) is 4.14. The minimum Gasteiger partial charge on any atom is -0.481 e. The van der Waals surface area contributed by atoms with E-state index < -0.39 is 35.2 Å². The molecular weight excluding hydrogens is 255 g/mol. The molecule has 6 nitrogen and oxygen atoms in total. The molecule has 1 fully saturated rings. The van der Waals surface area contributed by atoms with E-state index in [4.69, 9.17) is 5.11 Å². The number of carbonyl (C=O) groups excluding carboxylic acids is 2. The van der Waals surface area contributed by atoms with Crippen LogP contribution in [-0.4, -0.2) is 23.0 Å². The number of halogens is 1. The fourth-order valence-electron chi connectivity index (χ4n) is 2.15. The zero-order valence-electron chi connectivity index (χ0n) is 9.94. The maximum Gasteiger partial charge on any atom is 0.322 e. The van der Waals surface area contributed by atoms with Crippen molar-refractivity contribution in [3.05, 3.63) is 35.6 Å². The molecule has 1 heterocycles. The number of benzene rings is 1. The van der Waals surface area contributed by atoms with Gasteiger partial charge in [0.1, 0.15) is 5.82 Å². The first-order valence-corrected chi connectivity index (χ1v) is 5.50. The second-order valence-electron chi connectivity index (χ2n) is 4.29. The van der Waals surface area contributed by atoms with Crippen molar-refractivity contribution in [2.75, 3.05) is 0 Å². The molecule has 1 aliphatic rings. The fourth-order valence-corrected chi connectivity index (χ4v) is 2.15. The topological polar surface area (TPSA) is 95.5 Å². The Bertz CT molecular complexity index is 575. The van der Waals surface area contributed by atoms with Crippen molar-refractivity contribution in [1.82, 2.24) is 10.6 Å². The summed E-state index contributed by atoms with van der Waals surface area (Å²) < 4.78 is 13.3. The lowest BCUT2D eigenvalue weighted by Gasteiger charge is -2.30. The van der Waals surface area contributed by atoms with Gasteiger partial charge in [-0.3, -0.25) is 14.9 Å². The molecule has 0 radical (unpaired) electrons. The van der Waals surface area contributed by atoms with Crippen LogP contribution < -0.4 is 10.6 Å². The van der Waals surface area contributed by atoms with E-state index in [-0.39, 0.29) is 5.56 Å². The van der Waals surface area contributed by atoms with Crippen molar-refractivity contribution >= 4 is 17.9 Å². The lowest BCUT2D eigenvalue weighted by atomic mass is 9.79. The molecule has 0 aromatic heterocycles. The number of rotatable bonds is 3. The molecule has 1 aromatic carbocycles. The van der Waals surface area contributed by atoms with Gasteiger partial charge in [-0.2, -0.15) is 0 Å². The predicted octanol–water partition coefficient (Wildman–Crippen LogP) is 0.581. The Hall–Kier alpha value is -2.44. The van der Waals surface area contributed by atoms with Crippen LogP contribution in [0.3, 0.4) is 0 Å². The lowest BCUT2D eigenvalue weighted by Crippen LogP contribution is -2.51. The van der Waals surface area contributed by atoms with E-state index in [0.29, 0.717) is 0 Å². The summed E-state index contributed by atoms with van der Waals surface area (Å²) in [5, 5.41) is 13.4. The van der Waals surface area contributed by atoms with Gasteiger partial charge in [0, 0.05) is 0 Å². The monoisotopic (exact) mass is 266 g/mol. The van der Waals surface area contributed by atoms with Gasteiger partial charge < -0.3 is 10.4 Å². The first kappa shape index (κ1) is 13.0. The maximum atomic E-state index is 13.3. The molecule has 19 heavy (non-hydrogen) atoms. The van der Waals surface area contributed by atoms with Crippen LogP contribution in [0.4, 0.5) is 9.18 Å². The molecule has 0 spiro atoms. The van der Waals surface area contributed by atoms with Gasteiger partial charge in [-0.15, -0.1) is 0 Å². The summed E-state index contributed by atoms with van der Waals surface area (Å²) in [6.07, 6.45) is 0. The highest BCUT2D eigenvalue weighted by Crippen LogP contribution is 2.33. The second kappa shape index (κ2) is 4.34. The SMILES string of the molecule is CC(C(=O)O)C1(c2cccc(F)c2)NC(=O)NC1=O. The Morgan fingerprint density at radius 2 is 2.11 bits per heavy atom. The first-order valence-electron chi connectivity index (χ1n) is 5.50. The Morgan fingerprint density at radius 1 is 1.42 bits per heavy atom. The predicted molar refractivity (Wildman–Crippen MR) is 61.6 cm³/mol. The van der Waals surface area contributed by atoms with Crippen LogP contribution in [0.2, 0.25) is 0 Å². The van der Waals surface area contributed by atoms with E-state index in [1.54, 1.807) is 0 Å². The Morgan fingerprint density at radius 3 is 2.58 bits per heavy atom. The van der Waals surface area contributed by atoms with Crippen LogP contribution in [0.25, 0.3) is 0 Å². The van der Waals surface area contributed by atoms with Crippen molar-refractivity contribution < 1.29 is 23.9 Å². The van der Waals surface area contributed by atoms with Crippen molar-refractivity contribution in [1.29, 1.82) is 0 Å². The third-order valence-corrected chi connectivity index (χ3v) is 3.20. The Labute approximate surface area is 107 Å². The smallest absolute Gasteiger partial charge is 0.322 e. The molecule has 100 valence electrons. The molecule has 2 atom stereocenters. The molecule has 0 bridgehead atoms. The lowest BCUT2D eigenvalue weighted by molar-refractivity contribution is -0.147. The summed E-state index contributed by atoms with van der Waals surface area (Å²) >= 11 is 0. The van der Waals surface area contributed by atoms with E-state index in [0.717, 1.165) is 12.1 Å². The highest BCUT2D eigenvalue weighted by Gasteiger charge is 2.54. The van der Waals surface area contributed by atoms with E-state index >= 15 is 0 Å². The van der Waals surface area contributed by atoms with Crippen LogP contribution in [0, 0.1) is 11.7 Å². The minimum absolute atomic E-state index is 0.0887. The summed E-state index contributed by atoms with van der Waals surface area (Å²) in [7, 11) is 0. The van der Waals surface area contributed by atoms with Crippen molar-refractivity contribution in [3.63, 3.8) is 0 Å². The third kappa shape index (κ3) is 1.92. The number of amides is 3. The number of urea groups is 1. The highest BCUT2D eigenvalue weighted by molar-refractivity contribution is 6.09. The number of hydrogen-bond acceptors (Lipinski definition) is 3. The molecule has 0 saturated carbocycles. The van der Waals surface area contributed by atoms with Crippen LogP contribution in [0.5, 0.6) is 0 Å². The number of imide groups is 1. The van der Waals surface area contributed by atoms with Crippen LogP contribution in [0.15, 0.2) is 24.3 Å². The number of aliphatic carboxylic acids is 1. The molecule has 7 heteroatoms. The first-order chi connectivity index (χ1) is 8.87. The average Bonchev–Trinajstić information content (AvgIpc) is 2.64. The quantitative estimate of drug-likeness (QED) is 0.697. The maximum absolute atomic E-state index is 13.3. The van der Waals surface area contributed by atoms with Crippen LogP contribution in [-0.2, 0) is 15.1 Å². The molecule has 2 unspecified atom stereocenters. The highest BCUT2D eigenvalue weighted by atomic mass is 19.1. The minimum atomic E-state index is -1.80. The van der Waals surface area contributed by atoms with E-state index in [1.807, 2.05) is 5.32 Å². The Kier molecular flexibility index (Phi) is 2.97. The summed E-state index contributed by atoms with van der Waals surface area (Å²) in [4.78, 5) is 34.5. The average molecular weight is 266 g/mol. The van der Waals surface area contributed by atoms with E-state index in [9.17, 15) is 18.8 Å². The molecule has 1 aromatic rings. The molecule has 2 rings (SSSR count). The number of hydrogen-bond donors (Lipinski definition) is 3. The van der Waals surface area contributed by atoms with Gasteiger partial charge in [0.05, 0.1) is 5.92 Å². The number of carbonyl (C=O) groups is 3. The van der Waals surface area contributed by atoms with Gasteiger partial charge in [-0.25, -0.2) is 9.18 Å². The van der Waals surface area contributed by atoms with E-state index in [1.165, 1.54) is 19.1 Å².